The molecule has 0 bridgehead atoms. The Morgan fingerprint density at radius 2 is 1.69 bits per heavy atom. The number of methoxy groups -OCH3 is 1. The van der Waals surface area contributed by atoms with E-state index in [1.165, 1.54) is 12.4 Å². The van der Waals surface area contributed by atoms with Crippen LogP contribution in [-0.4, -0.2) is 87.1 Å². The molecule has 0 amide bonds. The summed E-state index contributed by atoms with van der Waals surface area (Å²) >= 11 is 0. The van der Waals surface area contributed by atoms with Gasteiger partial charge in [0.25, 0.3) is 0 Å². The van der Waals surface area contributed by atoms with Crippen LogP contribution in [0.3, 0.4) is 0 Å². The Morgan fingerprint density at radius 3 is 2.36 bits per heavy atom. The maximum Gasteiger partial charge on any atom is 0.232 e. The van der Waals surface area contributed by atoms with Crippen LogP contribution in [0.1, 0.15) is 20.3 Å². The van der Waals surface area contributed by atoms with Gasteiger partial charge >= 0.3 is 0 Å². The third kappa shape index (κ3) is 7.55. The lowest BCUT2D eigenvalue weighted by molar-refractivity contribution is 0.107. The molecular weight excluding hydrogens is 518 g/mol. The fourth-order valence-corrected chi connectivity index (χ4v) is 5.38. The standard InChI is InChI=1S/C27H37N7O4S/c1-5-38-17-12-20(2)33-13-15-34(16-14-33)21-10-11-22(24(18-21)37-3)30-26-28-19-29-27(32-26)31-23-8-6-7-9-25(23)39(4,35)36/h6-11,18-20H,5,12-17H2,1-4H3,(H2,28,29,30,31,32). The normalized spacial score (nSPS) is 15.1. The summed E-state index contributed by atoms with van der Waals surface area (Å²) < 4.78 is 35.5. The van der Waals surface area contributed by atoms with Gasteiger partial charge in [0, 0.05) is 63.4 Å². The fraction of sp³-hybridized carbons (Fsp3) is 0.444. The van der Waals surface area contributed by atoms with Crippen molar-refractivity contribution in [3.8, 4) is 5.75 Å². The van der Waals surface area contributed by atoms with Crippen molar-refractivity contribution in [3.63, 3.8) is 0 Å². The van der Waals surface area contributed by atoms with Gasteiger partial charge in [0.05, 0.1) is 23.4 Å². The summed E-state index contributed by atoms with van der Waals surface area (Å²) in [6.07, 6.45) is 3.56. The Bertz CT molecular complexity index is 1350. The van der Waals surface area contributed by atoms with Crippen LogP contribution < -0.4 is 20.3 Å². The van der Waals surface area contributed by atoms with E-state index in [1.54, 1.807) is 25.3 Å². The number of nitrogens with one attached hydrogen (secondary N) is 2. The zero-order chi connectivity index (χ0) is 27.8. The predicted molar refractivity (Wildman–Crippen MR) is 153 cm³/mol. The Hall–Kier alpha value is -3.48. The SMILES string of the molecule is CCOCCC(C)N1CCN(c2ccc(Nc3ncnc(Nc4ccccc4S(C)(=O)=O)n3)c(OC)c2)CC1. The molecule has 2 N–H and O–H groups in total. The van der Waals surface area contributed by atoms with Gasteiger partial charge in [-0.25, -0.2) is 18.4 Å². The van der Waals surface area contributed by atoms with Gasteiger partial charge in [0.1, 0.15) is 12.1 Å². The Morgan fingerprint density at radius 1 is 1.00 bits per heavy atom. The van der Waals surface area contributed by atoms with Gasteiger partial charge < -0.3 is 25.0 Å². The van der Waals surface area contributed by atoms with Crippen molar-refractivity contribution < 1.29 is 17.9 Å². The summed E-state index contributed by atoms with van der Waals surface area (Å²) in [5.74, 6) is 1.18. The number of ether oxygens (including phenoxy) is 2. The first kappa shape index (κ1) is 28.5. The minimum Gasteiger partial charge on any atom is -0.494 e. The Labute approximate surface area is 230 Å². The van der Waals surface area contributed by atoms with Crippen molar-refractivity contribution in [1.82, 2.24) is 19.9 Å². The van der Waals surface area contributed by atoms with Gasteiger partial charge in [0.15, 0.2) is 9.84 Å². The molecule has 2 heterocycles. The highest BCUT2D eigenvalue weighted by atomic mass is 32.2. The van der Waals surface area contributed by atoms with Crippen LogP contribution in [0.25, 0.3) is 0 Å². The van der Waals surface area contributed by atoms with Crippen molar-refractivity contribution >= 4 is 38.8 Å². The number of rotatable bonds is 12. The van der Waals surface area contributed by atoms with Crippen molar-refractivity contribution in [2.75, 3.05) is 68.3 Å². The molecule has 0 aliphatic carbocycles. The van der Waals surface area contributed by atoms with Gasteiger partial charge in [-0.3, -0.25) is 4.90 Å². The van der Waals surface area contributed by atoms with E-state index >= 15 is 0 Å². The molecule has 0 radical (unpaired) electrons. The molecule has 4 rings (SSSR count). The minimum absolute atomic E-state index is 0.165. The monoisotopic (exact) mass is 555 g/mol. The zero-order valence-electron chi connectivity index (χ0n) is 22.9. The highest BCUT2D eigenvalue weighted by molar-refractivity contribution is 7.90. The molecule has 11 nitrogen and oxygen atoms in total. The van der Waals surface area contributed by atoms with Gasteiger partial charge in [-0.05, 0) is 44.5 Å². The summed E-state index contributed by atoms with van der Waals surface area (Å²) in [5, 5.41) is 6.17. The second-order valence-electron chi connectivity index (χ2n) is 9.39. The fourth-order valence-electron chi connectivity index (χ4n) is 4.53. The van der Waals surface area contributed by atoms with E-state index < -0.39 is 9.84 Å². The number of piperazine rings is 1. The second-order valence-corrected chi connectivity index (χ2v) is 11.4. The lowest BCUT2D eigenvalue weighted by atomic mass is 10.1. The maximum atomic E-state index is 12.1. The number of benzene rings is 2. The van der Waals surface area contributed by atoms with Gasteiger partial charge in [-0.2, -0.15) is 4.98 Å². The van der Waals surface area contributed by atoms with E-state index in [1.807, 2.05) is 19.1 Å². The number of para-hydroxylation sites is 1. The number of aromatic nitrogens is 3. The third-order valence-corrected chi connectivity index (χ3v) is 7.88. The molecule has 0 saturated carbocycles. The van der Waals surface area contributed by atoms with Crippen LogP contribution in [0.4, 0.5) is 29.0 Å². The summed E-state index contributed by atoms with van der Waals surface area (Å²) in [7, 11) is -1.80. The number of sulfone groups is 1. The molecule has 1 atom stereocenters. The first-order valence-corrected chi connectivity index (χ1v) is 14.9. The first-order valence-electron chi connectivity index (χ1n) is 13.1. The van der Waals surface area contributed by atoms with Gasteiger partial charge in [-0.1, -0.05) is 12.1 Å². The average molecular weight is 556 g/mol. The largest absolute Gasteiger partial charge is 0.494 e. The van der Waals surface area contributed by atoms with Crippen LogP contribution in [-0.2, 0) is 14.6 Å². The molecule has 39 heavy (non-hydrogen) atoms. The minimum atomic E-state index is -3.42. The van der Waals surface area contributed by atoms with Crippen molar-refractivity contribution in [1.29, 1.82) is 0 Å². The van der Waals surface area contributed by atoms with Crippen molar-refractivity contribution in [3.05, 3.63) is 48.8 Å². The second kappa shape index (κ2) is 13.0. The van der Waals surface area contributed by atoms with Crippen molar-refractivity contribution in [2.24, 2.45) is 0 Å². The van der Waals surface area contributed by atoms with Crippen LogP contribution in [0, 0.1) is 0 Å². The topological polar surface area (TPSA) is 122 Å². The smallest absolute Gasteiger partial charge is 0.232 e. The first-order chi connectivity index (χ1) is 18.8. The van der Waals surface area contributed by atoms with E-state index in [0.717, 1.165) is 57.8 Å². The molecule has 3 aromatic rings. The molecule has 2 aromatic carbocycles. The van der Waals surface area contributed by atoms with E-state index in [0.29, 0.717) is 29.1 Å². The Balaban J connectivity index is 1.42. The Kier molecular flexibility index (Phi) is 9.54. The molecule has 1 fully saturated rings. The summed E-state index contributed by atoms with van der Waals surface area (Å²) in [4.78, 5) is 17.8. The number of anilines is 5. The van der Waals surface area contributed by atoms with Crippen LogP contribution in [0.2, 0.25) is 0 Å². The van der Waals surface area contributed by atoms with E-state index in [4.69, 9.17) is 9.47 Å². The molecule has 1 unspecified atom stereocenters. The molecule has 0 spiro atoms. The molecule has 1 aromatic heterocycles. The summed E-state index contributed by atoms with van der Waals surface area (Å²) in [6.45, 7) is 9.73. The predicted octanol–water partition coefficient (Wildman–Crippen LogP) is 3.71. The molecule has 1 aliphatic heterocycles. The summed E-state index contributed by atoms with van der Waals surface area (Å²) in [6, 6.07) is 13.1. The number of hydrogen-bond acceptors (Lipinski definition) is 11. The zero-order valence-corrected chi connectivity index (χ0v) is 23.7. The lowest BCUT2D eigenvalue weighted by Crippen LogP contribution is -2.49. The van der Waals surface area contributed by atoms with Crippen LogP contribution in [0.15, 0.2) is 53.7 Å². The number of nitrogens with zero attached hydrogens (tertiary/aromatic N) is 5. The lowest BCUT2D eigenvalue weighted by Gasteiger charge is -2.39. The van der Waals surface area contributed by atoms with Crippen LogP contribution >= 0.6 is 0 Å². The molecule has 1 saturated heterocycles. The van der Waals surface area contributed by atoms with E-state index in [-0.39, 0.29) is 10.8 Å². The van der Waals surface area contributed by atoms with Crippen LogP contribution in [0.5, 0.6) is 5.75 Å². The van der Waals surface area contributed by atoms with Gasteiger partial charge in [0.2, 0.25) is 11.9 Å². The molecule has 1 aliphatic rings. The van der Waals surface area contributed by atoms with E-state index in [2.05, 4.69) is 48.4 Å². The van der Waals surface area contributed by atoms with Crippen molar-refractivity contribution in [2.45, 2.75) is 31.2 Å². The number of hydrogen-bond donors (Lipinski definition) is 2. The maximum absolute atomic E-state index is 12.1. The van der Waals surface area contributed by atoms with Gasteiger partial charge in [-0.15, -0.1) is 0 Å². The molecular formula is C27H37N7O4S. The highest BCUT2D eigenvalue weighted by Gasteiger charge is 2.22. The molecule has 12 heteroatoms. The average Bonchev–Trinajstić information content (AvgIpc) is 2.93. The highest BCUT2D eigenvalue weighted by Crippen LogP contribution is 2.32. The summed E-state index contributed by atoms with van der Waals surface area (Å²) in [5.41, 5.74) is 2.19. The third-order valence-electron chi connectivity index (χ3n) is 6.72. The quantitative estimate of drug-likeness (QED) is 0.318. The van der Waals surface area contributed by atoms with E-state index in [9.17, 15) is 8.42 Å². The molecule has 210 valence electrons.